The lowest BCUT2D eigenvalue weighted by atomic mass is 10.0. The summed E-state index contributed by atoms with van der Waals surface area (Å²) in [5, 5.41) is 0. The minimum absolute atomic E-state index is 0.0696. The number of aryl methyl sites for hydroxylation is 1. The molecule has 0 atom stereocenters. The molecule has 0 aliphatic heterocycles. The fourth-order valence-electron chi connectivity index (χ4n) is 2.16. The van der Waals surface area contributed by atoms with Crippen molar-refractivity contribution in [1.29, 1.82) is 0 Å². The van der Waals surface area contributed by atoms with Gasteiger partial charge in [-0.05, 0) is 30.2 Å². The molecule has 2 aromatic carbocycles. The molecule has 2 aromatic rings. The molecule has 104 valence electrons. The summed E-state index contributed by atoms with van der Waals surface area (Å²) in [6, 6.07) is 12.5. The van der Waals surface area contributed by atoms with Crippen molar-refractivity contribution in [1.82, 2.24) is 0 Å². The molecule has 0 aliphatic carbocycles. The Kier molecular flexibility index (Phi) is 4.51. The molecule has 20 heavy (non-hydrogen) atoms. The van der Waals surface area contributed by atoms with Gasteiger partial charge in [-0.1, -0.05) is 35.9 Å². The quantitative estimate of drug-likeness (QED) is 0.832. The van der Waals surface area contributed by atoms with E-state index in [0.29, 0.717) is 12.0 Å². The summed E-state index contributed by atoms with van der Waals surface area (Å²) >= 11 is 0. The first-order valence-electron chi connectivity index (χ1n) is 6.48. The highest BCUT2D eigenvalue weighted by atomic mass is 19.1. The summed E-state index contributed by atoms with van der Waals surface area (Å²) in [7, 11) is 1.42. The Hall–Kier alpha value is -2.16. The van der Waals surface area contributed by atoms with Gasteiger partial charge in [0.25, 0.3) is 0 Å². The van der Waals surface area contributed by atoms with Crippen LogP contribution in [0, 0.1) is 12.7 Å². The molecule has 0 aliphatic rings. The van der Waals surface area contributed by atoms with Crippen LogP contribution in [0.1, 0.15) is 16.7 Å². The first-order valence-corrected chi connectivity index (χ1v) is 6.48. The van der Waals surface area contributed by atoms with Gasteiger partial charge >= 0.3 is 0 Å². The molecule has 0 bridgehead atoms. The van der Waals surface area contributed by atoms with Crippen molar-refractivity contribution in [3.05, 3.63) is 65.0 Å². The standard InChI is InChI=1S/C17H17FO2/c1-12-4-3-5-13(8-12)9-15(19)10-14-6-7-17(20-2)16(18)11-14/h3-8,11H,9-10H2,1-2H3. The van der Waals surface area contributed by atoms with Crippen molar-refractivity contribution in [2.24, 2.45) is 0 Å². The zero-order valence-corrected chi connectivity index (χ0v) is 11.7. The molecule has 0 spiro atoms. The third-order valence-electron chi connectivity index (χ3n) is 3.10. The highest BCUT2D eigenvalue weighted by molar-refractivity contribution is 5.83. The van der Waals surface area contributed by atoms with Crippen LogP contribution in [0.2, 0.25) is 0 Å². The number of carbonyl (C=O) groups excluding carboxylic acids is 1. The van der Waals surface area contributed by atoms with Crippen LogP contribution in [0.3, 0.4) is 0 Å². The Morgan fingerprint density at radius 1 is 1.10 bits per heavy atom. The van der Waals surface area contributed by atoms with E-state index in [9.17, 15) is 9.18 Å². The second-order valence-electron chi connectivity index (χ2n) is 4.85. The van der Waals surface area contributed by atoms with Gasteiger partial charge in [-0.3, -0.25) is 4.79 Å². The van der Waals surface area contributed by atoms with Gasteiger partial charge in [0.1, 0.15) is 5.78 Å². The van der Waals surface area contributed by atoms with E-state index >= 15 is 0 Å². The van der Waals surface area contributed by atoms with Crippen LogP contribution < -0.4 is 4.74 Å². The van der Waals surface area contributed by atoms with Crippen LogP contribution in [0.25, 0.3) is 0 Å². The highest BCUT2D eigenvalue weighted by Gasteiger charge is 2.08. The molecule has 2 nitrogen and oxygen atoms in total. The first kappa shape index (κ1) is 14.3. The van der Waals surface area contributed by atoms with Crippen LogP contribution in [0.4, 0.5) is 4.39 Å². The smallest absolute Gasteiger partial charge is 0.165 e. The van der Waals surface area contributed by atoms with Gasteiger partial charge in [0.15, 0.2) is 11.6 Å². The van der Waals surface area contributed by atoms with E-state index in [2.05, 4.69) is 0 Å². The normalized spacial score (nSPS) is 10.3. The summed E-state index contributed by atoms with van der Waals surface area (Å²) in [5.41, 5.74) is 2.79. The maximum Gasteiger partial charge on any atom is 0.165 e. The summed E-state index contributed by atoms with van der Waals surface area (Å²) < 4.78 is 18.4. The van der Waals surface area contributed by atoms with E-state index in [1.54, 1.807) is 12.1 Å². The lowest BCUT2D eigenvalue weighted by Crippen LogP contribution is -2.07. The Morgan fingerprint density at radius 3 is 2.40 bits per heavy atom. The van der Waals surface area contributed by atoms with E-state index in [0.717, 1.165) is 11.1 Å². The van der Waals surface area contributed by atoms with Crippen molar-refractivity contribution in [3.8, 4) is 5.75 Å². The topological polar surface area (TPSA) is 26.3 Å². The minimum Gasteiger partial charge on any atom is -0.494 e. The first-order chi connectivity index (χ1) is 9.58. The molecule has 0 amide bonds. The van der Waals surface area contributed by atoms with E-state index < -0.39 is 5.82 Å². The number of hydrogen-bond acceptors (Lipinski definition) is 2. The number of benzene rings is 2. The van der Waals surface area contributed by atoms with Gasteiger partial charge in [0.2, 0.25) is 0 Å². The number of ketones is 1. The Labute approximate surface area is 118 Å². The number of methoxy groups -OCH3 is 1. The third-order valence-corrected chi connectivity index (χ3v) is 3.10. The molecule has 0 saturated heterocycles. The summed E-state index contributed by atoms with van der Waals surface area (Å²) in [4.78, 5) is 12.0. The van der Waals surface area contributed by atoms with Crippen LogP contribution in [-0.2, 0) is 17.6 Å². The van der Waals surface area contributed by atoms with E-state index in [4.69, 9.17) is 4.74 Å². The molecule has 0 radical (unpaired) electrons. The predicted molar refractivity (Wildman–Crippen MR) is 76.5 cm³/mol. The Bertz CT molecular complexity index is 620. The monoisotopic (exact) mass is 272 g/mol. The van der Waals surface area contributed by atoms with Crippen molar-refractivity contribution < 1.29 is 13.9 Å². The Morgan fingerprint density at radius 2 is 1.80 bits per heavy atom. The van der Waals surface area contributed by atoms with Gasteiger partial charge in [-0.25, -0.2) is 4.39 Å². The number of ether oxygens (including phenoxy) is 1. The number of hydrogen-bond donors (Lipinski definition) is 0. The zero-order chi connectivity index (χ0) is 14.5. The van der Waals surface area contributed by atoms with Gasteiger partial charge < -0.3 is 4.74 Å². The van der Waals surface area contributed by atoms with E-state index in [-0.39, 0.29) is 18.0 Å². The molecule has 0 unspecified atom stereocenters. The lowest BCUT2D eigenvalue weighted by molar-refractivity contribution is -0.117. The van der Waals surface area contributed by atoms with Crippen LogP contribution in [0.15, 0.2) is 42.5 Å². The summed E-state index contributed by atoms with van der Waals surface area (Å²) in [5.74, 6) is -0.173. The maximum atomic E-state index is 13.5. The van der Waals surface area contributed by atoms with Gasteiger partial charge in [0, 0.05) is 12.8 Å². The largest absolute Gasteiger partial charge is 0.494 e. The fourth-order valence-corrected chi connectivity index (χ4v) is 2.16. The van der Waals surface area contributed by atoms with Gasteiger partial charge in [0.05, 0.1) is 7.11 Å². The van der Waals surface area contributed by atoms with Gasteiger partial charge in [-0.2, -0.15) is 0 Å². The molecule has 0 fully saturated rings. The Balaban J connectivity index is 2.03. The maximum absolute atomic E-state index is 13.5. The van der Waals surface area contributed by atoms with Crippen molar-refractivity contribution in [2.75, 3.05) is 7.11 Å². The molecule has 0 saturated carbocycles. The van der Waals surface area contributed by atoms with Crippen molar-refractivity contribution >= 4 is 5.78 Å². The van der Waals surface area contributed by atoms with Crippen LogP contribution >= 0.6 is 0 Å². The second kappa shape index (κ2) is 6.33. The summed E-state index contributed by atoms with van der Waals surface area (Å²) in [6.45, 7) is 1.99. The molecule has 0 aromatic heterocycles. The van der Waals surface area contributed by atoms with Gasteiger partial charge in [-0.15, -0.1) is 0 Å². The minimum atomic E-state index is -0.437. The van der Waals surface area contributed by atoms with Crippen molar-refractivity contribution in [3.63, 3.8) is 0 Å². The number of halogens is 1. The average Bonchev–Trinajstić information content (AvgIpc) is 2.38. The van der Waals surface area contributed by atoms with Crippen LogP contribution in [-0.4, -0.2) is 12.9 Å². The third kappa shape index (κ3) is 3.67. The number of carbonyl (C=O) groups is 1. The van der Waals surface area contributed by atoms with E-state index in [1.807, 2.05) is 31.2 Å². The number of Topliss-reactive ketones (excluding diaryl/α,β-unsaturated/α-hetero) is 1. The molecule has 0 N–H and O–H groups in total. The highest BCUT2D eigenvalue weighted by Crippen LogP contribution is 2.18. The van der Waals surface area contributed by atoms with Crippen molar-refractivity contribution in [2.45, 2.75) is 19.8 Å². The molecule has 3 heteroatoms. The molecule has 2 rings (SSSR count). The van der Waals surface area contributed by atoms with E-state index in [1.165, 1.54) is 13.2 Å². The summed E-state index contributed by atoms with van der Waals surface area (Å²) in [6.07, 6.45) is 0.601. The average molecular weight is 272 g/mol. The number of rotatable bonds is 5. The fraction of sp³-hybridized carbons (Fsp3) is 0.235. The molecule has 0 heterocycles. The van der Waals surface area contributed by atoms with Crippen LogP contribution in [0.5, 0.6) is 5.75 Å². The molecular formula is C17H17FO2. The lowest BCUT2D eigenvalue weighted by Gasteiger charge is -2.05. The SMILES string of the molecule is COc1ccc(CC(=O)Cc2cccc(C)c2)cc1F. The zero-order valence-electron chi connectivity index (χ0n) is 11.7. The second-order valence-corrected chi connectivity index (χ2v) is 4.85. The molecular weight excluding hydrogens is 255 g/mol. The predicted octanol–water partition coefficient (Wildman–Crippen LogP) is 3.50.